The molecule has 7 heteroatoms. The lowest BCUT2D eigenvalue weighted by molar-refractivity contribution is -0.144. The molecule has 0 aromatic heterocycles. The first-order chi connectivity index (χ1) is 18.5. The van der Waals surface area contributed by atoms with E-state index in [1.165, 1.54) is 12.8 Å². The minimum Gasteiger partial charge on any atom is -0.464 e. The number of carbonyl (C=O) groups is 1. The summed E-state index contributed by atoms with van der Waals surface area (Å²) in [6, 6.07) is 8.10. The smallest absolute Gasteiger partial charge is 0.305 e. The molecule has 1 saturated heterocycles. The number of aliphatic hydroxyl groups excluding tert-OH is 2. The summed E-state index contributed by atoms with van der Waals surface area (Å²) in [5, 5.41) is 21.2. The van der Waals surface area contributed by atoms with Gasteiger partial charge in [-0.2, -0.15) is 0 Å². The van der Waals surface area contributed by atoms with Crippen LogP contribution in [0.2, 0.25) is 0 Å². The van der Waals surface area contributed by atoms with Crippen LogP contribution in [-0.2, 0) is 14.3 Å². The molecule has 2 N–H and O–H groups in total. The minimum atomic E-state index is -0.465. The summed E-state index contributed by atoms with van der Waals surface area (Å²) < 4.78 is 10.7. The molecule has 38 heavy (non-hydrogen) atoms. The van der Waals surface area contributed by atoms with Crippen LogP contribution in [0.15, 0.2) is 36.4 Å². The van der Waals surface area contributed by atoms with Gasteiger partial charge in [0.15, 0.2) is 0 Å². The van der Waals surface area contributed by atoms with Crippen LogP contribution < -0.4 is 0 Å². The van der Waals surface area contributed by atoms with E-state index in [1.54, 1.807) is 0 Å². The predicted octanol–water partition coefficient (Wildman–Crippen LogP) is 5.75. The number of benzene rings is 1. The van der Waals surface area contributed by atoms with E-state index in [1.807, 2.05) is 12.1 Å². The number of unbranched alkanes of at least 4 members (excludes halogenated alkanes) is 4. The zero-order valence-electron chi connectivity index (χ0n) is 23.1. The Morgan fingerprint density at radius 3 is 2.66 bits per heavy atom. The van der Waals surface area contributed by atoms with Crippen molar-refractivity contribution in [3.8, 4) is 0 Å². The van der Waals surface area contributed by atoms with Crippen molar-refractivity contribution in [3.05, 3.63) is 47.5 Å². The first-order valence-electron chi connectivity index (χ1n) is 14.7. The van der Waals surface area contributed by atoms with Gasteiger partial charge >= 0.3 is 5.97 Å². The van der Waals surface area contributed by atoms with Crippen molar-refractivity contribution in [1.29, 1.82) is 0 Å². The highest BCUT2D eigenvalue weighted by Gasteiger charge is 2.41. The molecule has 1 aliphatic heterocycles. The van der Waals surface area contributed by atoms with E-state index in [9.17, 15) is 15.0 Å². The molecule has 6 nitrogen and oxygen atoms in total. The third-order valence-electron chi connectivity index (χ3n) is 7.95. The maximum absolute atomic E-state index is 12.0. The summed E-state index contributed by atoms with van der Waals surface area (Å²) in [4.78, 5) is 14.3. The van der Waals surface area contributed by atoms with Crippen molar-refractivity contribution in [1.82, 2.24) is 4.90 Å². The van der Waals surface area contributed by atoms with Crippen molar-refractivity contribution >= 4 is 17.6 Å². The summed E-state index contributed by atoms with van der Waals surface area (Å²) in [7, 11) is 0. The summed E-state index contributed by atoms with van der Waals surface area (Å²) >= 11 is 6.66. The standard InChI is InChI=1S/C31H48ClNO5/c1-2-3-4-8-11-28(34)24-13-15-25(16-14-24)31-26(27(32)23-29(31)35)10-7-5-6-9-12-30(36)38-22-19-33-17-20-37-21-18-33/h5,7,13-16,26-29,31,34-35H,2-4,6,8-12,17-23H2,1H3/b7-5-/t26-,27+,28?,29+,31+/m0/s1. The van der Waals surface area contributed by atoms with Crippen LogP contribution in [0.4, 0.5) is 0 Å². The molecule has 5 atom stereocenters. The number of nitrogens with zero attached hydrogens (tertiary/aromatic N) is 1. The summed E-state index contributed by atoms with van der Waals surface area (Å²) in [6.45, 7) is 6.70. The van der Waals surface area contributed by atoms with Gasteiger partial charge in [-0.05, 0) is 49.1 Å². The fraction of sp³-hybridized carbons (Fsp3) is 0.710. The van der Waals surface area contributed by atoms with E-state index in [2.05, 4.69) is 36.1 Å². The molecule has 1 aromatic carbocycles. The van der Waals surface area contributed by atoms with Crippen LogP contribution in [-0.4, -0.2) is 72.0 Å². The van der Waals surface area contributed by atoms with Crippen molar-refractivity contribution in [2.45, 2.75) is 94.6 Å². The van der Waals surface area contributed by atoms with Crippen molar-refractivity contribution in [3.63, 3.8) is 0 Å². The Labute approximate surface area is 234 Å². The van der Waals surface area contributed by atoms with E-state index in [-0.39, 0.29) is 23.2 Å². The molecule has 1 saturated carbocycles. The van der Waals surface area contributed by atoms with Gasteiger partial charge in [-0.1, -0.05) is 69.0 Å². The molecule has 1 unspecified atom stereocenters. The number of carbonyl (C=O) groups excluding carboxylic acids is 1. The Kier molecular flexibility index (Phi) is 14.1. The summed E-state index contributed by atoms with van der Waals surface area (Å²) in [5.41, 5.74) is 2.03. The Morgan fingerprint density at radius 1 is 1.16 bits per heavy atom. The second-order valence-electron chi connectivity index (χ2n) is 10.8. The fourth-order valence-electron chi connectivity index (χ4n) is 5.62. The first-order valence-corrected chi connectivity index (χ1v) is 15.1. The lowest BCUT2D eigenvalue weighted by Crippen LogP contribution is -2.38. The zero-order valence-corrected chi connectivity index (χ0v) is 23.9. The van der Waals surface area contributed by atoms with Gasteiger partial charge in [-0.25, -0.2) is 0 Å². The number of alkyl halides is 1. The largest absolute Gasteiger partial charge is 0.464 e. The second-order valence-corrected chi connectivity index (χ2v) is 11.4. The minimum absolute atomic E-state index is 0.0145. The first kappa shape index (κ1) is 31.1. The van der Waals surface area contributed by atoms with Gasteiger partial charge in [0.05, 0.1) is 25.4 Å². The molecule has 1 heterocycles. The third-order valence-corrected chi connectivity index (χ3v) is 8.45. The summed E-state index contributed by atoms with van der Waals surface area (Å²) in [6.07, 6.45) is 12.1. The van der Waals surface area contributed by atoms with E-state index in [0.29, 0.717) is 19.4 Å². The number of esters is 1. The molecule has 0 radical (unpaired) electrons. The van der Waals surface area contributed by atoms with Crippen LogP contribution in [0.5, 0.6) is 0 Å². The van der Waals surface area contributed by atoms with Gasteiger partial charge in [0.1, 0.15) is 6.61 Å². The second kappa shape index (κ2) is 17.3. The maximum atomic E-state index is 12.0. The average Bonchev–Trinajstić information content (AvgIpc) is 3.21. The third kappa shape index (κ3) is 10.3. The zero-order chi connectivity index (χ0) is 27.2. The Bertz CT molecular complexity index is 826. The SMILES string of the molecule is CCCCCCC(O)c1ccc([C@@H]2[C@@H](C/C=C\CCCC(=O)OCCN3CCOCC3)[C@H](Cl)C[C@H]2O)cc1. The molecular weight excluding hydrogens is 502 g/mol. The number of hydrogen-bond acceptors (Lipinski definition) is 6. The number of ether oxygens (including phenoxy) is 2. The van der Waals surface area contributed by atoms with Gasteiger partial charge in [-0.3, -0.25) is 9.69 Å². The van der Waals surface area contributed by atoms with Crippen LogP contribution >= 0.6 is 11.6 Å². The highest BCUT2D eigenvalue weighted by molar-refractivity contribution is 6.21. The molecule has 2 aliphatic rings. The molecule has 214 valence electrons. The number of hydrogen-bond donors (Lipinski definition) is 2. The van der Waals surface area contributed by atoms with Crippen molar-refractivity contribution in [2.75, 3.05) is 39.5 Å². The molecule has 1 aliphatic carbocycles. The van der Waals surface area contributed by atoms with Gasteiger partial charge in [-0.15, -0.1) is 11.6 Å². The molecule has 2 fully saturated rings. The number of aliphatic hydroxyl groups is 2. The molecular formula is C31H48ClNO5. The molecule has 1 aromatic rings. The van der Waals surface area contributed by atoms with Crippen molar-refractivity contribution < 1.29 is 24.5 Å². The molecule has 0 bridgehead atoms. The van der Waals surface area contributed by atoms with Crippen LogP contribution in [0.1, 0.15) is 94.3 Å². The van der Waals surface area contributed by atoms with Gasteiger partial charge in [0.25, 0.3) is 0 Å². The quantitative estimate of drug-likeness (QED) is 0.118. The van der Waals surface area contributed by atoms with Crippen LogP contribution in [0.3, 0.4) is 0 Å². The van der Waals surface area contributed by atoms with Gasteiger partial charge in [0.2, 0.25) is 0 Å². The molecule has 0 spiro atoms. The maximum Gasteiger partial charge on any atom is 0.305 e. The van der Waals surface area contributed by atoms with E-state index in [4.69, 9.17) is 21.1 Å². The lowest BCUT2D eigenvalue weighted by Gasteiger charge is -2.26. The van der Waals surface area contributed by atoms with E-state index >= 15 is 0 Å². The van der Waals surface area contributed by atoms with E-state index < -0.39 is 12.2 Å². The number of halogens is 1. The number of allylic oxidation sites excluding steroid dienone is 2. The highest BCUT2D eigenvalue weighted by atomic mass is 35.5. The number of rotatable bonds is 16. The van der Waals surface area contributed by atoms with Crippen LogP contribution in [0, 0.1) is 5.92 Å². The predicted molar refractivity (Wildman–Crippen MR) is 152 cm³/mol. The van der Waals surface area contributed by atoms with Gasteiger partial charge in [0, 0.05) is 37.4 Å². The fourth-order valence-corrected chi connectivity index (χ4v) is 6.06. The Hall–Kier alpha value is -1.44. The Balaban J connectivity index is 1.38. The highest BCUT2D eigenvalue weighted by Crippen LogP contribution is 2.45. The normalized spacial score (nSPS) is 25.2. The molecule has 0 amide bonds. The number of morpholine rings is 1. The average molecular weight is 550 g/mol. The van der Waals surface area contributed by atoms with Crippen LogP contribution in [0.25, 0.3) is 0 Å². The monoisotopic (exact) mass is 549 g/mol. The topological polar surface area (TPSA) is 79.2 Å². The molecule has 3 rings (SSSR count). The van der Waals surface area contributed by atoms with Gasteiger partial charge < -0.3 is 19.7 Å². The summed E-state index contributed by atoms with van der Waals surface area (Å²) in [5.74, 6) is -0.00165. The van der Waals surface area contributed by atoms with E-state index in [0.717, 1.165) is 82.5 Å². The Morgan fingerprint density at radius 2 is 1.92 bits per heavy atom. The lowest BCUT2D eigenvalue weighted by atomic mass is 9.84. The van der Waals surface area contributed by atoms with Crippen molar-refractivity contribution in [2.24, 2.45) is 5.92 Å².